The summed E-state index contributed by atoms with van der Waals surface area (Å²) in [5.74, 6) is 0.868. The highest BCUT2D eigenvalue weighted by molar-refractivity contribution is 9.10. The van der Waals surface area contributed by atoms with E-state index in [2.05, 4.69) is 15.9 Å². The molecule has 13 heavy (non-hydrogen) atoms. The summed E-state index contributed by atoms with van der Waals surface area (Å²) in [5.41, 5.74) is 6.85. The van der Waals surface area contributed by atoms with Crippen molar-refractivity contribution in [2.45, 2.75) is 19.9 Å². The van der Waals surface area contributed by atoms with Crippen molar-refractivity contribution in [1.29, 1.82) is 0 Å². The average Bonchev–Trinajstić information content (AvgIpc) is 2.08. The van der Waals surface area contributed by atoms with E-state index in [1.54, 1.807) is 0 Å². The zero-order valence-electron chi connectivity index (χ0n) is 7.88. The second-order valence-corrected chi connectivity index (χ2v) is 3.77. The van der Waals surface area contributed by atoms with Gasteiger partial charge in [-0.3, -0.25) is 0 Å². The first kappa shape index (κ1) is 10.5. The van der Waals surface area contributed by atoms with Gasteiger partial charge in [0.25, 0.3) is 0 Å². The highest BCUT2D eigenvalue weighted by atomic mass is 79.9. The number of halogens is 1. The predicted molar refractivity (Wildman–Crippen MR) is 57.9 cm³/mol. The first-order chi connectivity index (χ1) is 6.15. The number of nitrogens with two attached hydrogens (primary N) is 1. The van der Waals surface area contributed by atoms with Gasteiger partial charge in [0.15, 0.2) is 0 Å². The second-order valence-electron chi connectivity index (χ2n) is 2.91. The van der Waals surface area contributed by atoms with Crippen LogP contribution in [0.2, 0.25) is 0 Å². The van der Waals surface area contributed by atoms with Gasteiger partial charge < -0.3 is 10.5 Å². The average molecular weight is 244 g/mol. The van der Waals surface area contributed by atoms with Crippen molar-refractivity contribution in [3.8, 4) is 5.75 Å². The zero-order valence-corrected chi connectivity index (χ0v) is 9.47. The van der Waals surface area contributed by atoms with Crippen LogP contribution in [0.3, 0.4) is 0 Å². The molecule has 0 saturated heterocycles. The number of benzene rings is 1. The summed E-state index contributed by atoms with van der Waals surface area (Å²) < 4.78 is 6.35. The molecular formula is C10H14BrNO. The summed E-state index contributed by atoms with van der Waals surface area (Å²) in [7, 11) is 0. The molecule has 3 heteroatoms. The van der Waals surface area contributed by atoms with E-state index in [0.717, 1.165) is 15.8 Å². The maximum absolute atomic E-state index is 5.74. The smallest absolute Gasteiger partial charge is 0.133 e. The van der Waals surface area contributed by atoms with Crippen LogP contribution in [0.4, 0.5) is 0 Å². The molecule has 72 valence electrons. The predicted octanol–water partition coefficient (Wildman–Crippen LogP) is 2.87. The summed E-state index contributed by atoms with van der Waals surface area (Å²) >= 11 is 3.44. The van der Waals surface area contributed by atoms with Gasteiger partial charge in [-0.05, 0) is 47.5 Å². The fourth-order valence-corrected chi connectivity index (χ4v) is 1.58. The first-order valence-corrected chi connectivity index (χ1v) is 5.12. The molecule has 0 amide bonds. The van der Waals surface area contributed by atoms with Gasteiger partial charge in [-0.1, -0.05) is 6.07 Å². The minimum Gasteiger partial charge on any atom is -0.493 e. The first-order valence-electron chi connectivity index (χ1n) is 4.33. The Morgan fingerprint density at radius 1 is 1.54 bits per heavy atom. The monoisotopic (exact) mass is 243 g/mol. The van der Waals surface area contributed by atoms with Crippen molar-refractivity contribution in [2.24, 2.45) is 5.73 Å². The molecule has 0 unspecified atom stereocenters. The lowest BCUT2D eigenvalue weighted by Gasteiger charge is -2.09. The summed E-state index contributed by atoms with van der Waals surface area (Å²) in [6.45, 7) is 4.60. The fraction of sp³-hybridized carbons (Fsp3) is 0.400. The highest BCUT2D eigenvalue weighted by Crippen LogP contribution is 2.27. The van der Waals surface area contributed by atoms with Gasteiger partial charge in [-0.2, -0.15) is 0 Å². The molecule has 0 fully saturated rings. The Morgan fingerprint density at radius 2 is 2.23 bits per heavy atom. The molecule has 0 spiro atoms. The highest BCUT2D eigenvalue weighted by Gasteiger charge is 2.04. The lowest BCUT2D eigenvalue weighted by atomic mass is 10.1. The van der Waals surface area contributed by atoms with E-state index in [-0.39, 0.29) is 6.04 Å². The number of ether oxygens (including phenoxy) is 1. The maximum atomic E-state index is 5.74. The number of rotatable bonds is 3. The molecule has 0 bridgehead atoms. The van der Waals surface area contributed by atoms with Crippen LogP contribution >= 0.6 is 15.9 Å². The van der Waals surface area contributed by atoms with Crippen LogP contribution in [-0.4, -0.2) is 6.61 Å². The lowest BCUT2D eigenvalue weighted by molar-refractivity contribution is 0.338. The Bertz CT molecular complexity index is 286. The SMILES string of the molecule is CCOc1ccc([C@@H](C)N)cc1Br. The molecule has 2 N–H and O–H groups in total. The van der Waals surface area contributed by atoms with E-state index >= 15 is 0 Å². The molecule has 2 nitrogen and oxygen atoms in total. The topological polar surface area (TPSA) is 35.2 Å². The Labute approximate surface area is 87.2 Å². The van der Waals surface area contributed by atoms with Gasteiger partial charge in [0, 0.05) is 6.04 Å². The molecule has 0 aliphatic carbocycles. The molecule has 0 heterocycles. The molecule has 0 saturated carbocycles. The van der Waals surface area contributed by atoms with Gasteiger partial charge in [0.1, 0.15) is 5.75 Å². The van der Waals surface area contributed by atoms with E-state index in [9.17, 15) is 0 Å². The van der Waals surface area contributed by atoms with Gasteiger partial charge in [0.2, 0.25) is 0 Å². The van der Waals surface area contributed by atoms with Gasteiger partial charge in [-0.25, -0.2) is 0 Å². The van der Waals surface area contributed by atoms with E-state index in [4.69, 9.17) is 10.5 Å². The number of hydrogen-bond donors (Lipinski definition) is 1. The summed E-state index contributed by atoms with van der Waals surface area (Å²) in [4.78, 5) is 0. The minimum absolute atomic E-state index is 0.0620. The largest absolute Gasteiger partial charge is 0.493 e. The van der Waals surface area contributed by atoms with E-state index in [1.807, 2.05) is 32.0 Å². The molecule has 1 rings (SSSR count). The van der Waals surface area contributed by atoms with Gasteiger partial charge >= 0.3 is 0 Å². The second kappa shape index (κ2) is 4.63. The standard InChI is InChI=1S/C10H14BrNO/c1-3-13-10-5-4-8(7(2)12)6-9(10)11/h4-7H,3,12H2,1-2H3/t7-/m1/s1. The Morgan fingerprint density at radius 3 is 2.69 bits per heavy atom. The fourth-order valence-electron chi connectivity index (χ4n) is 1.07. The van der Waals surface area contributed by atoms with Crippen LogP contribution in [0, 0.1) is 0 Å². The molecule has 0 aliphatic rings. The third-order valence-corrected chi connectivity index (χ3v) is 2.40. The van der Waals surface area contributed by atoms with Crippen molar-refractivity contribution in [2.75, 3.05) is 6.61 Å². The summed E-state index contributed by atoms with van der Waals surface area (Å²) in [6.07, 6.45) is 0. The maximum Gasteiger partial charge on any atom is 0.133 e. The minimum atomic E-state index is 0.0620. The quantitative estimate of drug-likeness (QED) is 0.887. The van der Waals surface area contributed by atoms with Crippen molar-refractivity contribution in [3.05, 3.63) is 28.2 Å². The van der Waals surface area contributed by atoms with E-state index < -0.39 is 0 Å². The molecule has 0 aliphatic heterocycles. The zero-order chi connectivity index (χ0) is 9.84. The van der Waals surface area contributed by atoms with Crippen LogP contribution < -0.4 is 10.5 Å². The molecule has 0 radical (unpaired) electrons. The normalized spacial score (nSPS) is 12.6. The van der Waals surface area contributed by atoms with Crippen molar-refractivity contribution < 1.29 is 4.74 Å². The number of hydrogen-bond acceptors (Lipinski definition) is 2. The molecule has 0 aromatic heterocycles. The molecule has 1 atom stereocenters. The van der Waals surface area contributed by atoms with Crippen LogP contribution in [0.1, 0.15) is 25.5 Å². The lowest BCUT2D eigenvalue weighted by Crippen LogP contribution is -2.05. The Balaban J connectivity index is 2.92. The van der Waals surface area contributed by atoms with Crippen molar-refractivity contribution in [1.82, 2.24) is 0 Å². The summed E-state index contributed by atoms with van der Waals surface area (Å²) in [6, 6.07) is 5.98. The van der Waals surface area contributed by atoms with E-state index in [0.29, 0.717) is 6.61 Å². The van der Waals surface area contributed by atoms with Crippen LogP contribution in [0.5, 0.6) is 5.75 Å². The molecule has 1 aromatic rings. The van der Waals surface area contributed by atoms with Crippen molar-refractivity contribution in [3.63, 3.8) is 0 Å². The molecular weight excluding hydrogens is 230 g/mol. The Hall–Kier alpha value is -0.540. The molecule has 1 aromatic carbocycles. The Kier molecular flexibility index (Phi) is 3.75. The van der Waals surface area contributed by atoms with E-state index in [1.165, 1.54) is 0 Å². The summed E-state index contributed by atoms with van der Waals surface area (Å²) in [5, 5.41) is 0. The third kappa shape index (κ3) is 2.71. The van der Waals surface area contributed by atoms with Crippen molar-refractivity contribution >= 4 is 15.9 Å². The third-order valence-electron chi connectivity index (χ3n) is 1.78. The van der Waals surface area contributed by atoms with Gasteiger partial charge in [0.05, 0.1) is 11.1 Å². The van der Waals surface area contributed by atoms with Gasteiger partial charge in [-0.15, -0.1) is 0 Å². The van der Waals surface area contributed by atoms with Crippen LogP contribution in [0.15, 0.2) is 22.7 Å². The van der Waals surface area contributed by atoms with Crippen LogP contribution in [-0.2, 0) is 0 Å². The van der Waals surface area contributed by atoms with Crippen LogP contribution in [0.25, 0.3) is 0 Å².